The Kier molecular flexibility index (Phi) is 5.56. The lowest BCUT2D eigenvalue weighted by Crippen LogP contribution is -2.50. The van der Waals surface area contributed by atoms with E-state index in [1.54, 1.807) is 10.9 Å². The van der Waals surface area contributed by atoms with Crippen molar-refractivity contribution in [2.75, 3.05) is 31.6 Å². The molecular formula is C23H29FN6O2. The number of alkyl halides is 1. The standard InChI is InChI=1S/C23H29FN6O2/c1-13-6-15-9-25-23(27-22-7-14(2)28-29(22)3)26-19(15)8-17(13)16-4-5-30(10-18(16)24)20-11-32-12-21(20)31/h6-9,16,18,20-21,31H,4-5,10-12H2,1-3H3,(H,25,26,27)/t16?,18-,20?,21?/m0/s1. The van der Waals surface area contributed by atoms with E-state index >= 15 is 4.39 Å². The lowest BCUT2D eigenvalue weighted by molar-refractivity contribution is 0.0352. The van der Waals surface area contributed by atoms with E-state index in [9.17, 15) is 5.11 Å². The molecule has 4 heterocycles. The number of likely N-dealkylation sites (tertiary alicyclic amines) is 1. The molecule has 0 amide bonds. The van der Waals surface area contributed by atoms with Crippen LogP contribution >= 0.6 is 0 Å². The highest BCUT2D eigenvalue weighted by Gasteiger charge is 2.38. The van der Waals surface area contributed by atoms with Gasteiger partial charge in [0.15, 0.2) is 0 Å². The first-order valence-electron chi connectivity index (χ1n) is 11.1. The van der Waals surface area contributed by atoms with Crippen molar-refractivity contribution in [1.29, 1.82) is 0 Å². The SMILES string of the molecule is Cc1cc(Nc2ncc3cc(C)c(C4CCN(C5COCC5O)C[C@@H]4F)cc3n2)n(C)n1. The van der Waals surface area contributed by atoms with Crippen LogP contribution in [0.4, 0.5) is 16.2 Å². The zero-order valence-corrected chi connectivity index (χ0v) is 18.6. The van der Waals surface area contributed by atoms with Crippen LogP contribution in [-0.2, 0) is 11.8 Å². The van der Waals surface area contributed by atoms with Crippen LogP contribution in [0, 0.1) is 13.8 Å². The molecule has 2 aliphatic rings. The lowest BCUT2D eigenvalue weighted by Gasteiger charge is -2.39. The molecule has 32 heavy (non-hydrogen) atoms. The van der Waals surface area contributed by atoms with Gasteiger partial charge in [-0.2, -0.15) is 5.10 Å². The van der Waals surface area contributed by atoms with E-state index in [4.69, 9.17) is 4.74 Å². The summed E-state index contributed by atoms with van der Waals surface area (Å²) < 4.78 is 22.4. The second kappa shape index (κ2) is 8.38. The molecule has 9 heteroatoms. The van der Waals surface area contributed by atoms with Crippen LogP contribution in [0.1, 0.15) is 29.2 Å². The summed E-state index contributed by atoms with van der Waals surface area (Å²) in [5.74, 6) is 1.10. The molecule has 0 saturated carbocycles. The minimum atomic E-state index is -1.01. The van der Waals surface area contributed by atoms with Gasteiger partial charge < -0.3 is 15.2 Å². The van der Waals surface area contributed by atoms with Gasteiger partial charge in [0.05, 0.1) is 36.6 Å². The molecule has 8 nitrogen and oxygen atoms in total. The summed E-state index contributed by atoms with van der Waals surface area (Å²) in [6.45, 7) is 5.80. The Morgan fingerprint density at radius 1 is 1.22 bits per heavy atom. The Bertz CT molecular complexity index is 1140. The predicted octanol–water partition coefficient (Wildman–Crippen LogP) is 2.61. The summed E-state index contributed by atoms with van der Waals surface area (Å²) in [6, 6.07) is 5.87. The van der Waals surface area contributed by atoms with Gasteiger partial charge in [-0.25, -0.2) is 14.4 Å². The molecule has 2 N–H and O–H groups in total. The summed E-state index contributed by atoms with van der Waals surface area (Å²) in [5.41, 5.74) is 3.74. The van der Waals surface area contributed by atoms with Crippen LogP contribution in [-0.4, -0.2) is 74.4 Å². The normalized spacial score (nSPS) is 26.7. The van der Waals surface area contributed by atoms with Crippen LogP contribution in [0.25, 0.3) is 10.9 Å². The second-order valence-electron chi connectivity index (χ2n) is 8.96. The number of hydrogen-bond donors (Lipinski definition) is 2. The number of ether oxygens (including phenoxy) is 1. The summed E-state index contributed by atoms with van der Waals surface area (Å²) >= 11 is 0. The van der Waals surface area contributed by atoms with Gasteiger partial charge in [-0.15, -0.1) is 0 Å². The number of nitrogens with one attached hydrogen (secondary N) is 1. The fourth-order valence-electron chi connectivity index (χ4n) is 4.97. The van der Waals surface area contributed by atoms with Gasteiger partial charge in [-0.05, 0) is 50.1 Å². The van der Waals surface area contributed by atoms with Crippen molar-refractivity contribution < 1.29 is 14.2 Å². The number of aryl methyl sites for hydroxylation is 3. The molecule has 0 radical (unpaired) electrons. The number of rotatable bonds is 4. The molecule has 2 aliphatic heterocycles. The van der Waals surface area contributed by atoms with Crippen molar-refractivity contribution >= 4 is 22.7 Å². The smallest absolute Gasteiger partial charge is 0.228 e. The zero-order chi connectivity index (χ0) is 22.4. The third kappa shape index (κ3) is 3.96. The Hall–Kier alpha value is -2.62. The number of hydrogen-bond acceptors (Lipinski definition) is 7. The largest absolute Gasteiger partial charge is 0.389 e. The Morgan fingerprint density at radius 2 is 2.06 bits per heavy atom. The Balaban J connectivity index is 1.39. The molecule has 2 aromatic heterocycles. The quantitative estimate of drug-likeness (QED) is 0.645. The summed E-state index contributed by atoms with van der Waals surface area (Å²) in [6.07, 6.45) is 0.944. The van der Waals surface area contributed by atoms with Crippen molar-refractivity contribution in [3.63, 3.8) is 0 Å². The second-order valence-corrected chi connectivity index (χ2v) is 8.96. The highest BCUT2D eigenvalue weighted by molar-refractivity contribution is 5.81. The van der Waals surface area contributed by atoms with Crippen LogP contribution in [0.3, 0.4) is 0 Å². The van der Waals surface area contributed by atoms with Crippen molar-refractivity contribution in [2.24, 2.45) is 7.05 Å². The molecule has 1 aromatic carbocycles. The van der Waals surface area contributed by atoms with Crippen molar-refractivity contribution in [3.8, 4) is 0 Å². The topological polar surface area (TPSA) is 88.3 Å². The molecule has 5 rings (SSSR count). The minimum absolute atomic E-state index is 0.107. The van der Waals surface area contributed by atoms with Gasteiger partial charge in [0.2, 0.25) is 5.95 Å². The predicted molar refractivity (Wildman–Crippen MR) is 120 cm³/mol. The van der Waals surface area contributed by atoms with E-state index in [2.05, 4.69) is 20.4 Å². The van der Waals surface area contributed by atoms with E-state index in [1.807, 2.05) is 44.0 Å². The van der Waals surface area contributed by atoms with Gasteiger partial charge in [0.1, 0.15) is 12.0 Å². The number of nitrogens with zero attached hydrogens (tertiary/aromatic N) is 5. The number of aliphatic hydroxyl groups is 1. The minimum Gasteiger partial charge on any atom is -0.389 e. The number of aliphatic hydroxyl groups excluding tert-OH is 1. The maximum atomic E-state index is 15.3. The molecule has 0 spiro atoms. The Morgan fingerprint density at radius 3 is 2.75 bits per heavy atom. The molecule has 170 valence electrons. The molecule has 2 saturated heterocycles. The zero-order valence-electron chi connectivity index (χ0n) is 18.6. The molecular weight excluding hydrogens is 411 g/mol. The van der Waals surface area contributed by atoms with Gasteiger partial charge >= 0.3 is 0 Å². The molecule has 0 aliphatic carbocycles. The number of piperidine rings is 1. The lowest BCUT2D eigenvalue weighted by atomic mass is 9.84. The highest BCUT2D eigenvalue weighted by Crippen LogP contribution is 2.35. The third-order valence-corrected chi connectivity index (χ3v) is 6.67. The maximum absolute atomic E-state index is 15.3. The van der Waals surface area contributed by atoms with Gasteiger partial charge in [0, 0.05) is 37.2 Å². The monoisotopic (exact) mass is 440 g/mol. The number of anilines is 2. The summed E-state index contributed by atoms with van der Waals surface area (Å²) in [7, 11) is 1.86. The molecule has 4 atom stereocenters. The van der Waals surface area contributed by atoms with Crippen LogP contribution in [0.2, 0.25) is 0 Å². The van der Waals surface area contributed by atoms with Crippen LogP contribution < -0.4 is 5.32 Å². The Labute approximate surface area is 186 Å². The number of fused-ring (bicyclic) bond motifs is 1. The first kappa shape index (κ1) is 21.2. The van der Waals surface area contributed by atoms with Gasteiger partial charge in [0.25, 0.3) is 0 Å². The van der Waals surface area contributed by atoms with Crippen molar-refractivity contribution in [3.05, 3.63) is 41.2 Å². The average Bonchev–Trinajstić information content (AvgIpc) is 3.32. The van der Waals surface area contributed by atoms with E-state index in [1.165, 1.54) is 0 Å². The number of aromatic nitrogens is 4. The molecule has 2 fully saturated rings. The summed E-state index contributed by atoms with van der Waals surface area (Å²) in [4.78, 5) is 11.2. The van der Waals surface area contributed by atoms with E-state index in [0.717, 1.165) is 40.1 Å². The highest BCUT2D eigenvalue weighted by atomic mass is 19.1. The van der Waals surface area contributed by atoms with Gasteiger partial charge in [-0.1, -0.05) is 0 Å². The first-order valence-corrected chi connectivity index (χ1v) is 11.1. The third-order valence-electron chi connectivity index (χ3n) is 6.67. The van der Waals surface area contributed by atoms with Gasteiger partial charge in [-0.3, -0.25) is 9.58 Å². The number of benzene rings is 1. The maximum Gasteiger partial charge on any atom is 0.228 e. The number of halogens is 1. The van der Waals surface area contributed by atoms with Crippen LogP contribution in [0.5, 0.6) is 0 Å². The van der Waals surface area contributed by atoms with Crippen molar-refractivity contribution in [1.82, 2.24) is 24.6 Å². The van der Waals surface area contributed by atoms with Crippen molar-refractivity contribution in [2.45, 2.75) is 44.5 Å². The van der Waals surface area contributed by atoms with E-state index < -0.39 is 12.3 Å². The van der Waals surface area contributed by atoms with Crippen LogP contribution in [0.15, 0.2) is 24.4 Å². The fourth-order valence-corrected chi connectivity index (χ4v) is 4.97. The summed E-state index contributed by atoms with van der Waals surface area (Å²) in [5, 5.41) is 18.6. The van der Waals surface area contributed by atoms with E-state index in [-0.39, 0.29) is 12.0 Å². The fraction of sp³-hybridized carbons (Fsp3) is 0.522. The molecule has 3 aromatic rings. The molecule has 0 bridgehead atoms. The first-order chi connectivity index (χ1) is 15.4. The molecule has 3 unspecified atom stereocenters. The van der Waals surface area contributed by atoms with E-state index in [0.29, 0.717) is 32.1 Å². The average molecular weight is 441 g/mol.